The highest BCUT2D eigenvalue weighted by Gasteiger charge is 2.33. The monoisotopic (exact) mass is 573 g/mol. The predicted octanol–water partition coefficient (Wildman–Crippen LogP) is 5.35. The number of aromatic nitrogens is 5. The van der Waals surface area contributed by atoms with E-state index >= 15 is 0 Å². The highest BCUT2D eigenvalue weighted by Crippen LogP contribution is 2.30. The first-order chi connectivity index (χ1) is 20.5. The number of anilines is 1. The van der Waals surface area contributed by atoms with Crippen molar-refractivity contribution in [1.29, 1.82) is 0 Å². The largest absolute Gasteiger partial charge is 0.350 e. The number of pyridine rings is 1. The number of fused-ring (bicyclic) bond motifs is 1. The van der Waals surface area contributed by atoms with E-state index in [0.29, 0.717) is 23.6 Å². The molecule has 0 aliphatic heterocycles. The molecule has 9 nitrogen and oxygen atoms in total. The van der Waals surface area contributed by atoms with E-state index in [9.17, 15) is 9.59 Å². The molecule has 3 aromatic heterocycles. The van der Waals surface area contributed by atoms with Gasteiger partial charge in [0.15, 0.2) is 0 Å². The summed E-state index contributed by atoms with van der Waals surface area (Å²) in [6.45, 7) is 2.07. The molecule has 6 rings (SSSR count). The molecule has 208 valence electrons. The van der Waals surface area contributed by atoms with Crippen molar-refractivity contribution < 1.29 is 9.59 Å². The van der Waals surface area contributed by atoms with Crippen LogP contribution in [0.4, 0.5) is 5.69 Å². The second-order valence-corrected chi connectivity index (χ2v) is 10.7. The molecule has 0 saturated carbocycles. The molecule has 1 N–H and O–H groups in total. The van der Waals surface area contributed by atoms with Crippen molar-refractivity contribution in [2.45, 2.75) is 26.1 Å². The van der Waals surface area contributed by atoms with Crippen molar-refractivity contribution in [1.82, 2.24) is 30.5 Å². The normalized spacial score (nSPS) is 11.7. The van der Waals surface area contributed by atoms with Crippen LogP contribution in [-0.2, 0) is 22.7 Å². The van der Waals surface area contributed by atoms with Gasteiger partial charge in [0.2, 0.25) is 11.7 Å². The Bertz CT molecular complexity index is 1820. The first-order valence-corrected chi connectivity index (χ1v) is 14.3. The highest BCUT2D eigenvalue weighted by atomic mass is 32.1. The van der Waals surface area contributed by atoms with Crippen LogP contribution in [-0.4, -0.2) is 37.0 Å². The number of benzene rings is 3. The lowest BCUT2D eigenvalue weighted by Crippen LogP contribution is -2.45. The maximum Gasteiger partial charge on any atom is 0.251 e. The van der Waals surface area contributed by atoms with Gasteiger partial charge in [-0.15, -0.1) is 21.5 Å². The van der Waals surface area contributed by atoms with Crippen LogP contribution in [0.1, 0.15) is 22.7 Å². The quantitative estimate of drug-likeness (QED) is 0.250. The summed E-state index contributed by atoms with van der Waals surface area (Å²) in [5.74, 6) is -0.273. The molecule has 0 fully saturated rings. The first-order valence-electron chi connectivity index (χ1n) is 13.4. The number of hydrogen-bond acceptors (Lipinski definition) is 7. The molecule has 10 heteroatoms. The number of aryl methyl sites for hydroxylation is 1. The predicted molar refractivity (Wildman–Crippen MR) is 163 cm³/mol. The van der Waals surface area contributed by atoms with Gasteiger partial charge in [-0.25, -0.2) is 0 Å². The fourth-order valence-corrected chi connectivity index (χ4v) is 5.34. The van der Waals surface area contributed by atoms with Crippen LogP contribution in [0, 0.1) is 6.92 Å². The second-order valence-electron chi connectivity index (χ2n) is 9.79. The van der Waals surface area contributed by atoms with Crippen LogP contribution in [0.15, 0.2) is 109 Å². The Kier molecular flexibility index (Phi) is 7.78. The van der Waals surface area contributed by atoms with Gasteiger partial charge in [-0.3, -0.25) is 19.5 Å². The molecule has 3 aromatic carbocycles. The first kappa shape index (κ1) is 27.0. The van der Waals surface area contributed by atoms with Crippen molar-refractivity contribution in [3.8, 4) is 10.7 Å². The molecule has 0 saturated heterocycles. The fourth-order valence-electron chi connectivity index (χ4n) is 4.69. The number of nitrogens with zero attached hydrogens (tertiary/aromatic N) is 6. The molecule has 42 heavy (non-hydrogen) atoms. The number of hydrogen-bond donors (Lipinski definition) is 1. The molecule has 0 unspecified atom stereocenters. The van der Waals surface area contributed by atoms with Gasteiger partial charge in [0.1, 0.15) is 12.6 Å². The minimum absolute atomic E-state index is 0.223. The van der Waals surface area contributed by atoms with E-state index in [2.05, 4.69) is 25.7 Å². The molecule has 0 spiro atoms. The topological polar surface area (TPSA) is 106 Å². The van der Waals surface area contributed by atoms with Gasteiger partial charge in [-0.1, -0.05) is 84.4 Å². The molecule has 2 amide bonds. The van der Waals surface area contributed by atoms with E-state index in [1.807, 2.05) is 109 Å². The molecule has 0 aliphatic rings. The number of nitrogens with one attached hydrogen (secondary N) is 1. The molecule has 0 bridgehead atoms. The van der Waals surface area contributed by atoms with Gasteiger partial charge in [0, 0.05) is 11.9 Å². The van der Waals surface area contributed by atoms with Crippen molar-refractivity contribution in [2.75, 3.05) is 4.90 Å². The van der Waals surface area contributed by atoms with Crippen molar-refractivity contribution >= 4 is 39.7 Å². The van der Waals surface area contributed by atoms with E-state index in [1.165, 1.54) is 21.0 Å². The van der Waals surface area contributed by atoms with E-state index in [1.54, 1.807) is 6.20 Å². The Balaban J connectivity index is 1.40. The zero-order valence-electron chi connectivity index (χ0n) is 22.8. The maximum atomic E-state index is 14.2. The third-order valence-electron chi connectivity index (χ3n) is 6.80. The van der Waals surface area contributed by atoms with Crippen molar-refractivity contribution in [2.24, 2.45) is 0 Å². The standard InChI is InChI=1S/C32H27N7O2S/c1-22-13-15-24(16-14-22)30(32(41)34-19-23-8-3-2-4-9-23)39(26-18-25-10-5-6-11-27(25)33-20-26)29(40)21-38-36-31(35-37-38)28-12-7-17-42-28/h2-18,20,30H,19,21H2,1H3,(H,34,41)/t30-/m1/s1. The third kappa shape index (κ3) is 5.93. The summed E-state index contributed by atoms with van der Waals surface area (Å²) in [5.41, 5.74) is 3.93. The zero-order chi connectivity index (χ0) is 28.9. The third-order valence-corrected chi connectivity index (χ3v) is 7.67. The summed E-state index contributed by atoms with van der Waals surface area (Å²) < 4.78 is 0. The Morgan fingerprint density at radius 2 is 1.74 bits per heavy atom. The average molecular weight is 574 g/mol. The van der Waals surface area contributed by atoms with Crippen LogP contribution in [0.25, 0.3) is 21.6 Å². The van der Waals surface area contributed by atoms with Gasteiger partial charge < -0.3 is 5.32 Å². The minimum atomic E-state index is -0.981. The fraction of sp³-hybridized carbons (Fsp3) is 0.125. The molecular formula is C32H27N7O2S. The molecule has 6 aromatic rings. The Morgan fingerprint density at radius 1 is 0.952 bits per heavy atom. The molecule has 0 radical (unpaired) electrons. The minimum Gasteiger partial charge on any atom is -0.350 e. The zero-order valence-corrected chi connectivity index (χ0v) is 23.6. The van der Waals surface area contributed by atoms with Crippen molar-refractivity contribution in [3.05, 3.63) is 125 Å². The second kappa shape index (κ2) is 12.1. The SMILES string of the molecule is Cc1ccc([C@H](C(=O)NCc2ccccc2)N(C(=O)Cn2nnc(-c3cccs3)n2)c2cnc3ccccc3c2)cc1. The summed E-state index contributed by atoms with van der Waals surface area (Å²) in [7, 11) is 0. The Morgan fingerprint density at radius 3 is 2.52 bits per heavy atom. The van der Waals surface area contributed by atoms with Crippen LogP contribution < -0.4 is 10.2 Å². The number of carbonyl (C=O) groups excluding carboxylic acids is 2. The lowest BCUT2D eigenvalue weighted by Gasteiger charge is -2.31. The van der Waals surface area contributed by atoms with Gasteiger partial charge >= 0.3 is 0 Å². The number of thiophene rings is 1. The van der Waals surface area contributed by atoms with Crippen LogP contribution in [0.3, 0.4) is 0 Å². The Hall–Kier alpha value is -5.22. The van der Waals surface area contributed by atoms with E-state index in [-0.39, 0.29) is 18.4 Å². The van der Waals surface area contributed by atoms with Gasteiger partial charge in [0.05, 0.1) is 22.3 Å². The number of carbonyl (C=O) groups is 2. The lowest BCUT2D eigenvalue weighted by molar-refractivity contribution is -0.127. The Labute approximate surface area is 246 Å². The number of rotatable bonds is 9. The maximum absolute atomic E-state index is 14.2. The molecule has 1 atom stereocenters. The molecule has 0 aliphatic carbocycles. The van der Waals surface area contributed by atoms with E-state index in [0.717, 1.165) is 26.9 Å². The van der Waals surface area contributed by atoms with E-state index in [4.69, 9.17) is 0 Å². The highest BCUT2D eigenvalue weighted by molar-refractivity contribution is 7.13. The van der Waals surface area contributed by atoms with E-state index < -0.39 is 6.04 Å². The van der Waals surface area contributed by atoms with Crippen LogP contribution in [0.5, 0.6) is 0 Å². The summed E-state index contributed by atoms with van der Waals surface area (Å²) in [6.07, 6.45) is 1.62. The van der Waals surface area contributed by atoms with Crippen LogP contribution in [0.2, 0.25) is 0 Å². The van der Waals surface area contributed by atoms with Crippen LogP contribution >= 0.6 is 11.3 Å². The smallest absolute Gasteiger partial charge is 0.251 e. The summed E-state index contributed by atoms with van der Waals surface area (Å²) in [4.78, 5) is 36.4. The van der Waals surface area contributed by atoms with Gasteiger partial charge in [0.25, 0.3) is 5.91 Å². The van der Waals surface area contributed by atoms with Gasteiger partial charge in [-0.2, -0.15) is 4.80 Å². The molecule has 3 heterocycles. The lowest BCUT2D eigenvalue weighted by atomic mass is 10.0. The number of para-hydroxylation sites is 1. The summed E-state index contributed by atoms with van der Waals surface area (Å²) >= 11 is 1.49. The van der Waals surface area contributed by atoms with Crippen molar-refractivity contribution in [3.63, 3.8) is 0 Å². The number of tetrazole rings is 1. The average Bonchev–Trinajstić information content (AvgIpc) is 3.72. The summed E-state index contributed by atoms with van der Waals surface area (Å²) in [5, 5.41) is 18.5. The van der Waals surface area contributed by atoms with Gasteiger partial charge in [-0.05, 0) is 46.8 Å². The molecular weight excluding hydrogens is 546 g/mol. The number of amides is 2. The summed E-state index contributed by atoms with van der Waals surface area (Å²) in [6, 6.07) is 29.6.